The zero-order chi connectivity index (χ0) is 21.0. The zero-order valence-electron chi connectivity index (χ0n) is 18.5. The van der Waals surface area contributed by atoms with Gasteiger partial charge in [0.15, 0.2) is 11.8 Å². The molecule has 0 unspecified atom stereocenters. The van der Waals surface area contributed by atoms with Gasteiger partial charge in [0.1, 0.15) is 0 Å². The number of halogens is 1. The Bertz CT molecular complexity index is 1000. The molecule has 0 amide bonds. The van der Waals surface area contributed by atoms with E-state index in [9.17, 15) is 0 Å². The van der Waals surface area contributed by atoms with Crippen molar-refractivity contribution in [2.45, 2.75) is 47.7 Å². The van der Waals surface area contributed by atoms with E-state index in [1.54, 1.807) is 0 Å². The van der Waals surface area contributed by atoms with Crippen LogP contribution in [0.25, 0.3) is 5.82 Å². The molecule has 3 heterocycles. The molecular formula is C21H31IN8. The Morgan fingerprint density at radius 2 is 1.87 bits per heavy atom. The molecule has 0 saturated heterocycles. The molecule has 8 nitrogen and oxygen atoms in total. The second-order valence-corrected chi connectivity index (χ2v) is 7.19. The highest BCUT2D eigenvalue weighted by molar-refractivity contribution is 14.0. The summed E-state index contributed by atoms with van der Waals surface area (Å²) < 4.78 is 3.76. The molecule has 0 aromatic carbocycles. The second-order valence-electron chi connectivity index (χ2n) is 7.19. The van der Waals surface area contributed by atoms with Gasteiger partial charge in [0.2, 0.25) is 0 Å². The SMILES string of the molecule is CCNC(=NCc1ccc(-n2nc(C)cc2C)nc1)NCc1c(C)nn(C)c1C.I. The van der Waals surface area contributed by atoms with Crippen molar-refractivity contribution in [3.8, 4) is 5.82 Å². The van der Waals surface area contributed by atoms with Gasteiger partial charge in [-0.15, -0.1) is 24.0 Å². The van der Waals surface area contributed by atoms with Gasteiger partial charge in [-0.2, -0.15) is 10.2 Å². The minimum atomic E-state index is 0. The van der Waals surface area contributed by atoms with Crippen LogP contribution in [0.3, 0.4) is 0 Å². The standard InChI is InChI=1S/C21H30N8.HI/c1-7-22-21(25-13-19-16(4)27-28(6)17(19)5)24-12-18-8-9-20(23-11-18)29-15(3)10-14(2)26-29;/h8-11H,7,12-13H2,1-6H3,(H2,22,24,25);1H. The van der Waals surface area contributed by atoms with Crippen molar-refractivity contribution in [1.82, 2.24) is 35.2 Å². The third-order valence-electron chi connectivity index (χ3n) is 4.89. The van der Waals surface area contributed by atoms with Crippen molar-refractivity contribution >= 4 is 29.9 Å². The van der Waals surface area contributed by atoms with Crippen molar-refractivity contribution in [1.29, 1.82) is 0 Å². The molecule has 0 fully saturated rings. The van der Waals surface area contributed by atoms with E-state index in [1.165, 1.54) is 5.56 Å². The first kappa shape index (κ1) is 23.8. The Morgan fingerprint density at radius 1 is 1.10 bits per heavy atom. The van der Waals surface area contributed by atoms with Gasteiger partial charge in [-0.05, 0) is 52.3 Å². The van der Waals surface area contributed by atoms with Gasteiger partial charge in [-0.3, -0.25) is 4.68 Å². The predicted octanol–water partition coefficient (Wildman–Crippen LogP) is 3.11. The first-order valence-electron chi connectivity index (χ1n) is 9.88. The van der Waals surface area contributed by atoms with Crippen LogP contribution in [0, 0.1) is 27.7 Å². The highest BCUT2D eigenvalue weighted by Crippen LogP contribution is 2.12. The first-order chi connectivity index (χ1) is 13.9. The summed E-state index contributed by atoms with van der Waals surface area (Å²) in [7, 11) is 1.97. The molecule has 162 valence electrons. The molecule has 0 bridgehead atoms. The fourth-order valence-electron chi connectivity index (χ4n) is 3.25. The summed E-state index contributed by atoms with van der Waals surface area (Å²) >= 11 is 0. The van der Waals surface area contributed by atoms with Crippen molar-refractivity contribution in [3.63, 3.8) is 0 Å². The molecule has 0 radical (unpaired) electrons. The van der Waals surface area contributed by atoms with Gasteiger partial charge in [0.25, 0.3) is 0 Å². The summed E-state index contributed by atoms with van der Waals surface area (Å²) in [6.07, 6.45) is 1.86. The number of hydrogen-bond donors (Lipinski definition) is 2. The molecule has 0 saturated carbocycles. The number of aromatic nitrogens is 5. The summed E-state index contributed by atoms with van der Waals surface area (Å²) in [6.45, 7) is 12.2. The molecule has 2 N–H and O–H groups in total. The molecule has 0 atom stereocenters. The molecule has 3 aromatic rings. The van der Waals surface area contributed by atoms with Crippen molar-refractivity contribution in [2.24, 2.45) is 12.0 Å². The van der Waals surface area contributed by atoms with E-state index in [0.717, 1.165) is 46.7 Å². The molecule has 0 aliphatic heterocycles. The molecular weight excluding hydrogens is 491 g/mol. The molecule has 0 aliphatic rings. The van der Waals surface area contributed by atoms with Crippen LogP contribution < -0.4 is 10.6 Å². The van der Waals surface area contributed by atoms with Crippen LogP contribution in [-0.4, -0.2) is 37.0 Å². The van der Waals surface area contributed by atoms with E-state index in [2.05, 4.69) is 39.7 Å². The Balaban J connectivity index is 0.00000320. The quantitative estimate of drug-likeness (QED) is 0.295. The van der Waals surface area contributed by atoms with Crippen LogP contribution >= 0.6 is 24.0 Å². The highest BCUT2D eigenvalue weighted by atomic mass is 127. The van der Waals surface area contributed by atoms with Crippen molar-refractivity contribution in [3.05, 3.63) is 58.3 Å². The number of nitrogens with one attached hydrogen (secondary N) is 2. The largest absolute Gasteiger partial charge is 0.357 e. The van der Waals surface area contributed by atoms with E-state index in [1.807, 2.05) is 61.6 Å². The Hall–Kier alpha value is -2.43. The fraction of sp³-hybridized carbons (Fsp3) is 0.429. The lowest BCUT2D eigenvalue weighted by molar-refractivity contribution is 0.728. The Morgan fingerprint density at radius 3 is 2.40 bits per heavy atom. The second kappa shape index (κ2) is 10.6. The summed E-state index contributed by atoms with van der Waals surface area (Å²) in [6, 6.07) is 6.06. The maximum atomic E-state index is 4.69. The highest BCUT2D eigenvalue weighted by Gasteiger charge is 2.10. The van der Waals surface area contributed by atoms with Crippen molar-refractivity contribution in [2.75, 3.05) is 6.54 Å². The van der Waals surface area contributed by atoms with Crippen LogP contribution in [0.4, 0.5) is 0 Å². The molecule has 3 aromatic heterocycles. The monoisotopic (exact) mass is 522 g/mol. The minimum Gasteiger partial charge on any atom is -0.357 e. The average Bonchev–Trinajstić information content (AvgIpc) is 3.15. The third kappa shape index (κ3) is 5.59. The number of hydrogen-bond acceptors (Lipinski definition) is 4. The Kier molecular flexibility index (Phi) is 8.39. The summed E-state index contributed by atoms with van der Waals surface area (Å²) in [5.74, 6) is 1.59. The molecule has 0 aliphatic carbocycles. The lowest BCUT2D eigenvalue weighted by Gasteiger charge is -2.12. The number of rotatable bonds is 6. The van der Waals surface area contributed by atoms with Gasteiger partial charge in [-0.25, -0.2) is 14.7 Å². The fourth-order valence-corrected chi connectivity index (χ4v) is 3.25. The van der Waals surface area contributed by atoms with E-state index in [-0.39, 0.29) is 24.0 Å². The van der Waals surface area contributed by atoms with E-state index in [4.69, 9.17) is 4.99 Å². The Labute approximate surface area is 195 Å². The third-order valence-corrected chi connectivity index (χ3v) is 4.89. The topological polar surface area (TPSA) is 84.9 Å². The zero-order valence-corrected chi connectivity index (χ0v) is 20.9. The summed E-state index contributed by atoms with van der Waals surface area (Å²) in [5.41, 5.74) is 6.50. The van der Waals surface area contributed by atoms with Gasteiger partial charge >= 0.3 is 0 Å². The number of pyridine rings is 1. The van der Waals surface area contributed by atoms with Gasteiger partial charge in [0, 0.05) is 43.3 Å². The van der Waals surface area contributed by atoms with Crippen LogP contribution in [0.5, 0.6) is 0 Å². The minimum absolute atomic E-state index is 0. The van der Waals surface area contributed by atoms with Crippen LogP contribution in [0.15, 0.2) is 29.4 Å². The number of nitrogens with zero attached hydrogens (tertiary/aromatic N) is 6. The maximum absolute atomic E-state index is 4.69. The maximum Gasteiger partial charge on any atom is 0.191 e. The number of guanidine groups is 1. The van der Waals surface area contributed by atoms with Gasteiger partial charge in [0.05, 0.1) is 17.9 Å². The molecule has 3 rings (SSSR count). The lowest BCUT2D eigenvalue weighted by atomic mass is 10.2. The van der Waals surface area contributed by atoms with Crippen LogP contribution in [0.2, 0.25) is 0 Å². The summed E-state index contributed by atoms with van der Waals surface area (Å²) in [5, 5.41) is 15.6. The van der Waals surface area contributed by atoms with E-state index >= 15 is 0 Å². The molecule has 0 spiro atoms. The van der Waals surface area contributed by atoms with Crippen LogP contribution in [0.1, 0.15) is 40.8 Å². The van der Waals surface area contributed by atoms with Crippen molar-refractivity contribution < 1.29 is 0 Å². The normalized spacial score (nSPS) is 11.3. The number of aryl methyl sites for hydroxylation is 4. The van der Waals surface area contributed by atoms with Crippen LogP contribution in [-0.2, 0) is 20.1 Å². The smallest absolute Gasteiger partial charge is 0.191 e. The van der Waals surface area contributed by atoms with E-state index < -0.39 is 0 Å². The predicted molar refractivity (Wildman–Crippen MR) is 131 cm³/mol. The van der Waals surface area contributed by atoms with E-state index in [0.29, 0.717) is 13.1 Å². The molecule has 9 heteroatoms. The summed E-state index contributed by atoms with van der Waals surface area (Å²) in [4.78, 5) is 9.24. The van der Waals surface area contributed by atoms with Gasteiger partial charge < -0.3 is 10.6 Å². The lowest BCUT2D eigenvalue weighted by Crippen LogP contribution is -2.37. The van der Waals surface area contributed by atoms with Gasteiger partial charge in [-0.1, -0.05) is 6.07 Å². The molecule has 30 heavy (non-hydrogen) atoms. The average molecular weight is 522 g/mol. The first-order valence-corrected chi connectivity index (χ1v) is 9.88. The number of aliphatic imine (C=N–C) groups is 1.